The lowest BCUT2D eigenvalue weighted by molar-refractivity contribution is -0.138. The molecule has 1 fully saturated rings. The average molecular weight is 352 g/mol. The molecule has 1 aliphatic heterocycles. The SMILES string of the molecule is Cc1c(Br)c(C(F)F)nn1[C@H](C)C(=O)N1CCOCC1. The molecule has 0 unspecified atom stereocenters. The number of nitrogens with zero attached hydrogens (tertiary/aromatic N) is 3. The maximum atomic E-state index is 12.8. The van der Waals surface area contributed by atoms with E-state index >= 15 is 0 Å². The Morgan fingerprint density at radius 1 is 1.40 bits per heavy atom. The molecule has 8 heteroatoms. The maximum absolute atomic E-state index is 12.8. The lowest BCUT2D eigenvalue weighted by atomic mass is 10.2. The number of rotatable bonds is 3. The molecule has 0 saturated carbocycles. The molecule has 0 spiro atoms. The molecule has 1 aromatic heterocycles. The van der Waals surface area contributed by atoms with Crippen molar-refractivity contribution >= 4 is 21.8 Å². The van der Waals surface area contributed by atoms with Gasteiger partial charge in [-0.3, -0.25) is 9.48 Å². The second-order valence-corrected chi connectivity index (χ2v) is 5.44. The Bertz CT molecular complexity index is 501. The van der Waals surface area contributed by atoms with Gasteiger partial charge in [0, 0.05) is 13.1 Å². The average Bonchev–Trinajstić information content (AvgIpc) is 2.75. The summed E-state index contributed by atoms with van der Waals surface area (Å²) in [5.74, 6) is -0.132. The topological polar surface area (TPSA) is 47.4 Å². The van der Waals surface area contributed by atoms with Gasteiger partial charge in [0.1, 0.15) is 11.7 Å². The highest BCUT2D eigenvalue weighted by Crippen LogP contribution is 2.30. The van der Waals surface area contributed by atoms with Crippen LogP contribution in [0.3, 0.4) is 0 Å². The van der Waals surface area contributed by atoms with Gasteiger partial charge >= 0.3 is 0 Å². The maximum Gasteiger partial charge on any atom is 0.283 e. The van der Waals surface area contributed by atoms with Crippen LogP contribution in [0.2, 0.25) is 0 Å². The molecular weight excluding hydrogens is 336 g/mol. The number of alkyl halides is 2. The van der Waals surface area contributed by atoms with Crippen molar-refractivity contribution in [1.82, 2.24) is 14.7 Å². The Balaban J connectivity index is 2.22. The Kier molecular flexibility index (Phi) is 4.74. The lowest BCUT2D eigenvalue weighted by Crippen LogP contribution is -2.44. The molecule has 5 nitrogen and oxygen atoms in total. The van der Waals surface area contributed by atoms with Gasteiger partial charge in [-0.1, -0.05) is 0 Å². The fourth-order valence-corrected chi connectivity index (χ4v) is 2.62. The molecule has 1 saturated heterocycles. The van der Waals surface area contributed by atoms with E-state index in [1.54, 1.807) is 18.7 Å². The van der Waals surface area contributed by atoms with Crippen LogP contribution in [0.1, 0.15) is 30.8 Å². The van der Waals surface area contributed by atoms with Crippen LogP contribution in [-0.4, -0.2) is 46.9 Å². The molecule has 1 atom stereocenters. The number of morpholine rings is 1. The molecule has 0 radical (unpaired) electrons. The summed E-state index contributed by atoms with van der Waals surface area (Å²) in [5.41, 5.74) is 0.193. The molecule has 0 bridgehead atoms. The van der Waals surface area contributed by atoms with Crippen molar-refractivity contribution < 1.29 is 18.3 Å². The Morgan fingerprint density at radius 3 is 2.50 bits per heavy atom. The van der Waals surface area contributed by atoms with Gasteiger partial charge in [0.15, 0.2) is 0 Å². The first-order valence-electron chi connectivity index (χ1n) is 6.32. The van der Waals surface area contributed by atoms with E-state index < -0.39 is 12.5 Å². The minimum Gasteiger partial charge on any atom is -0.378 e. The second-order valence-electron chi connectivity index (χ2n) is 4.64. The number of amides is 1. The van der Waals surface area contributed by atoms with E-state index in [9.17, 15) is 13.6 Å². The van der Waals surface area contributed by atoms with Crippen molar-refractivity contribution in [2.45, 2.75) is 26.3 Å². The predicted octanol–water partition coefficient (Wildman–Crippen LogP) is 2.31. The first-order chi connectivity index (χ1) is 9.43. The van der Waals surface area contributed by atoms with Gasteiger partial charge in [0.05, 0.1) is 23.4 Å². The van der Waals surface area contributed by atoms with Crippen molar-refractivity contribution in [2.24, 2.45) is 0 Å². The van der Waals surface area contributed by atoms with E-state index in [0.29, 0.717) is 32.0 Å². The normalized spacial score (nSPS) is 17.6. The number of hydrogen-bond donors (Lipinski definition) is 0. The fourth-order valence-electron chi connectivity index (χ4n) is 2.19. The summed E-state index contributed by atoms with van der Waals surface area (Å²) in [6.07, 6.45) is -2.67. The molecular formula is C12H16BrF2N3O2. The second kappa shape index (κ2) is 6.17. The quantitative estimate of drug-likeness (QED) is 0.839. The number of hydrogen-bond acceptors (Lipinski definition) is 3. The summed E-state index contributed by atoms with van der Waals surface area (Å²) >= 11 is 3.11. The molecule has 112 valence electrons. The summed E-state index contributed by atoms with van der Waals surface area (Å²) in [7, 11) is 0. The monoisotopic (exact) mass is 351 g/mol. The van der Waals surface area contributed by atoms with E-state index in [4.69, 9.17) is 4.74 Å². The highest BCUT2D eigenvalue weighted by molar-refractivity contribution is 9.10. The molecule has 20 heavy (non-hydrogen) atoms. The summed E-state index contributed by atoms with van der Waals surface area (Å²) in [6, 6.07) is -0.614. The summed E-state index contributed by atoms with van der Waals surface area (Å²) in [5, 5.41) is 3.87. The van der Waals surface area contributed by atoms with Crippen LogP contribution in [0.4, 0.5) is 8.78 Å². The largest absolute Gasteiger partial charge is 0.378 e. The number of halogens is 3. The van der Waals surface area contributed by atoms with Crippen LogP contribution >= 0.6 is 15.9 Å². The highest BCUT2D eigenvalue weighted by atomic mass is 79.9. The first-order valence-corrected chi connectivity index (χ1v) is 7.12. The molecule has 0 aliphatic carbocycles. The van der Waals surface area contributed by atoms with Gasteiger partial charge < -0.3 is 9.64 Å². The van der Waals surface area contributed by atoms with Gasteiger partial charge in [0.2, 0.25) is 5.91 Å². The van der Waals surface area contributed by atoms with Crippen LogP contribution in [0.15, 0.2) is 4.47 Å². The van der Waals surface area contributed by atoms with Gasteiger partial charge in [-0.05, 0) is 29.8 Å². The third-order valence-electron chi connectivity index (χ3n) is 3.36. The van der Waals surface area contributed by atoms with Crippen molar-refractivity contribution in [1.29, 1.82) is 0 Å². The van der Waals surface area contributed by atoms with E-state index in [2.05, 4.69) is 21.0 Å². The van der Waals surface area contributed by atoms with Gasteiger partial charge in [0.25, 0.3) is 6.43 Å². The van der Waals surface area contributed by atoms with Crippen LogP contribution in [0.25, 0.3) is 0 Å². The van der Waals surface area contributed by atoms with Crippen LogP contribution in [-0.2, 0) is 9.53 Å². The van der Waals surface area contributed by atoms with Crippen LogP contribution in [0, 0.1) is 6.92 Å². The predicted molar refractivity (Wildman–Crippen MR) is 71.7 cm³/mol. The van der Waals surface area contributed by atoms with E-state index in [-0.39, 0.29) is 16.1 Å². The Morgan fingerprint density at radius 2 is 2.00 bits per heavy atom. The van der Waals surface area contributed by atoms with Gasteiger partial charge in [-0.25, -0.2) is 8.78 Å². The third-order valence-corrected chi connectivity index (χ3v) is 4.34. The van der Waals surface area contributed by atoms with E-state index in [0.717, 1.165) is 0 Å². The standard InChI is InChI=1S/C12H16BrF2N3O2/c1-7-9(13)10(11(14)15)16-18(7)8(2)12(19)17-3-5-20-6-4-17/h8,11H,3-6H2,1-2H3/t8-/m1/s1. The van der Waals surface area contributed by atoms with Crippen molar-refractivity contribution in [2.75, 3.05) is 26.3 Å². The lowest BCUT2D eigenvalue weighted by Gasteiger charge is -2.29. The minimum absolute atomic E-state index is 0.132. The van der Waals surface area contributed by atoms with E-state index in [1.165, 1.54) is 4.68 Å². The van der Waals surface area contributed by atoms with Crippen molar-refractivity contribution in [3.63, 3.8) is 0 Å². The summed E-state index contributed by atoms with van der Waals surface area (Å²) < 4.78 is 32.4. The smallest absolute Gasteiger partial charge is 0.283 e. The first kappa shape index (κ1) is 15.4. The number of carbonyl (C=O) groups excluding carboxylic acids is 1. The number of aromatic nitrogens is 2. The summed E-state index contributed by atoms with van der Waals surface area (Å²) in [6.45, 7) is 5.37. The molecule has 1 aliphatic rings. The Labute approximate surface area is 124 Å². The van der Waals surface area contributed by atoms with Crippen LogP contribution in [0.5, 0.6) is 0 Å². The number of carbonyl (C=O) groups is 1. The number of ether oxygens (including phenoxy) is 1. The van der Waals surface area contributed by atoms with Crippen molar-refractivity contribution in [3.8, 4) is 0 Å². The minimum atomic E-state index is -2.67. The fraction of sp³-hybridized carbons (Fsp3) is 0.667. The van der Waals surface area contributed by atoms with Gasteiger partial charge in [-0.2, -0.15) is 5.10 Å². The highest BCUT2D eigenvalue weighted by Gasteiger charge is 2.28. The van der Waals surface area contributed by atoms with E-state index in [1.807, 2.05) is 0 Å². The van der Waals surface area contributed by atoms with Crippen LogP contribution < -0.4 is 0 Å². The third kappa shape index (κ3) is 2.85. The molecule has 0 N–H and O–H groups in total. The summed E-state index contributed by atoms with van der Waals surface area (Å²) in [4.78, 5) is 14.0. The molecule has 1 aromatic rings. The van der Waals surface area contributed by atoms with Gasteiger partial charge in [-0.15, -0.1) is 0 Å². The zero-order valence-corrected chi connectivity index (χ0v) is 12.9. The molecule has 2 heterocycles. The van der Waals surface area contributed by atoms with Crippen molar-refractivity contribution in [3.05, 3.63) is 15.9 Å². The Hall–Kier alpha value is -1.02. The molecule has 2 rings (SSSR count). The molecule has 0 aromatic carbocycles. The zero-order chi connectivity index (χ0) is 14.9. The zero-order valence-electron chi connectivity index (χ0n) is 11.3. The molecule has 1 amide bonds.